The second-order valence-corrected chi connectivity index (χ2v) is 7.71. The SMILES string of the molecule is CCc1ccc(OCC(=O)N2CCCC[C@H]2CCN2CCCCC2)cc1. The Morgan fingerprint density at radius 2 is 1.77 bits per heavy atom. The van der Waals surface area contributed by atoms with E-state index in [2.05, 4.69) is 28.9 Å². The van der Waals surface area contributed by atoms with Crippen LogP contribution in [0.3, 0.4) is 0 Å². The van der Waals surface area contributed by atoms with Gasteiger partial charge in [0, 0.05) is 19.1 Å². The fraction of sp³-hybridized carbons (Fsp3) is 0.682. The molecule has 0 saturated carbocycles. The Labute approximate surface area is 158 Å². The highest BCUT2D eigenvalue weighted by Crippen LogP contribution is 2.22. The molecule has 2 heterocycles. The fourth-order valence-corrected chi connectivity index (χ4v) is 4.19. The van der Waals surface area contributed by atoms with Gasteiger partial charge in [-0.25, -0.2) is 0 Å². The zero-order valence-corrected chi connectivity index (χ0v) is 16.3. The molecule has 2 aliphatic rings. The topological polar surface area (TPSA) is 32.8 Å². The molecule has 144 valence electrons. The number of piperidine rings is 2. The predicted octanol–water partition coefficient (Wildman–Crippen LogP) is 3.88. The molecular weight excluding hydrogens is 324 g/mol. The van der Waals surface area contributed by atoms with Crippen LogP contribution >= 0.6 is 0 Å². The summed E-state index contributed by atoms with van der Waals surface area (Å²) in [5, 5.41) is 0. The number of hydrogen-bond acceptors (Lipinski definition) is 3. The Balaban J connectivity index is 1.48. The van der Waals surface area contributed by atoms with Crippen LogP contribution in [-0.2, 0) is 11.2 Å². The summed E-state index contributed by atoms with van der Waals surface area (Å²) in [4.78, 5) is 17.4. The Kier molecular flexibility index (Phi) is 7.36. The van der Waals surface area contributed by atoms with Crippen molar-refractivity contribution < 1.29 is 9.53 Å². The van der Waals surface area contributed by atoms with Crippen LogP contribution in [0.5, 0.6) is 5.75 Å². The van der Waals surface area contributed by atoms with Crippen molar-refractivity contribution in [3.8, 4) is 5.75 Å². The lowest BCUT2D eigenvalue weighted by Gasteiger charge is -2.37. The summed E-state index contributed by atoms with van der Waals surface area (Å²) in [6.07, 6.45) is 9.68. The quantitative estimate of drug-likeness (QED) is 0.741. The third-order valence-corrected chi connectivity index (χ3v) is 5.87. The van der Waals surface area contributed by atoms with Gasteiger partial charge in [0.25, 0.3) is 5.91 Å². The highest BCUT2D eigenvalue weighted by Gasteiger charge is 2.27. The molecule has 0 spiro atoms. The lowest BCUT2D eigenvalue weighted by atomic mass is 9.98. The normalized spacial score (nSPS) is 21.6. The molecule has 0 bridgehead atoms. The predicted molar refractivity (Wildman–Crippen MR) is 106 cm³/mol. The van der Waals surface area contributed by atoms with Crippen molar-refractivity contribution in [3.05, 3.63) is 29.8 Å². The van der Waals surface area contributed by atoms with Gasteiger partial charge in [0.05, 0.1) is 0 Å². The molecule has 4 nitrogen and oxygen atoms in total. The third-order valence-electron chi connectivity index (χ3n) is 5.87. The van der Waals surface area contributed by atoms with Crippen molar-refractivity contribution >= 4 is 5.91 Å². The zero-order valence-electron chi connectivity index (χ0n) is 16.3. The average molecular weight is 359 g/mol. The van der Waals surface area contributed by atoms with Gasteiger partial charge >= 0.3 is 0 Å². The highest BCUT2D eigenvalue weighted by atomic mass is 16.5. The van der Waals surface area contributed by atoms with Crippen molar-refractivity contribution in [1.29, 1.82) is 0 Å². The first-order chi connectivity index (χ1) is 12.8. The first-order valence-corrected chi connectivity index (χ1v) is 10.5. The third kappa shape index (κ3) is 5.47. The van der Waals surface area contributed by atoms with Crippen LogP contribution in [0.15, 0.2) is 24.3 Å². The number of amides is 1. The molecule has 2 fully saturated rings. The molecule has 0 aliphatic carbocycles. The summed E-state index contributed by atoms with van der Waals surface area (Å²) in [6, 6.07) is 8.47. The van der Waals surface area contributed by atoms with Gasteiger partial charge in [-0.3, -0.25) is 4.79 Å². The Bertz CT molecular complexity index is 552. The van der Waals surface area contributed by atoms with E-state index in [1.165, 1.54) is 44.3 Å². The summed E-state index contributed by atoms with van der Waals surface area (Å²) in [6.45, 7) is 6.79. The van der Waals surface area contributed by atoms with Crippen LogP contribution < -0.4 is 4.74 Å². The molecule has 1 amide bonds. The number of likely N-dealkylation sites (tertiary alicyclic amines) is 2. The maximum absolute atomic E-state index is 12.7. The van der Waals surface area contributed by atoms with Crippen molar-refractivity contribution in [2.45, 2.75) is 64.3 Å². The lowest BCUT2D eigenvalue weighted by molar-refractivity contribution is -0.137. The summed E-state index contributed by atoms with van der Waals surface area (Å²) in [7, 11) is 0. The summed E-state index contributed by atoms with van der Waals surface area (Å²) in [5.74, 6) is 0.935. The van der Waals surface area contributed by atoms with E-state index in [1.54, 1.807) is 0 Å². The number of carbonyl (C=O) groups excluding carboxylic acids is 1. The largest absolute Gasteiger partial charge is 0.484 e. The average Bonchev–Trinajstić information content (AvgIpc) is 2.72. The van der Waals surface area contributed by atoms with E-state index >= 15 is 0 Å². The number of nitrogens with zero attached hydrogens (tertiary/aromatic N) is 2. The number of rotatable bonds is 7. The fourth-order valence-electron chi connectivity index (χ4n) is 4.19. The van der Waals surface area contributed by atoms with E-state index in [1.807, 2.05) is 12.1 Å². The van der Waals surface area contributed by atoms with Crippen LogP contribution in [0.4, 0.5) is 0 Å². The van der Waals surface area contributed by atoms with Gasteiger partial charge in [-0.05, 0) is 75.7 Å². The molecule has 4 heteroatoms. The molecule has 2 saturated heterocycles. The Morgan fingerprint density at radius 1 is 1.04 bits per heavy atom. The maximum atomic E-state index is 12.7. The van der Waals surface area contributed by atoms with E-state index in [9.17, 15) is 4.79 Å². The van der Waals surface area contributed by atoms with Crippen LogP contribution in [0.1, 0.15) is 57.4 Å². The van der Waals surface area contributed by atoms with Gasteiger partial charge in [-0.15, -0.1) is 0 Å². The van der Waals surface area contributed by atoms with E-state index in [4.69, 9.17) is 4.74 Å². The number of carbonyl (C=O) groups is 1. The van der Waals surface area contributed by atoms with Crippen molar-refractivity contribution in [2.75, 3.05) is 32.8 Å². The highest BCUT2D eigenvalue weighted by molar-refractivity contribution is 5.78. The van der Waals surface area contributed by atoms with Gasteiger partial charge in [0.2, 0.25) is 0 Å². The van der Waals surface area contributed by atoms with Crippen LogP contribution in [-0.4, -0.2) is 54.5 Å². The molecule has 1 atom stereocenters. The van der Waals surface area contributed by atoms with Gasteiger partial charge in [-0.2, -0.15) is 0 Å². The summed E-state index contributed by atoms with van der Waals surface area (Å²) < 4.78 is 5.76. The van der Waals surface area contributed by atoms with Crippen molar-refractivity contribution in [3.63, 3.8) is 0 Å². The molecule has 0 radical (unpaired) electrons. The molecule has 2 aliphatic heterocycles. The molecule has 0 unspecified atom stereocenters. The van der Waals surface area contributed by atoms with Crippen molar-refractivity contribution in [2.24, 2.45) is 0 Å². The summed E-state index contributed by atoms with van der Waals surface area (Å²) >= 11 is 0. The van der Waals surface area contributed by atoms with E-state index in [0.29, 0.717) is 6.04 Å². The molecule has 26 heavy (non-hydrogen) atoms. The second-order valence-electron chi connectivity index (χ2n) is 7.71. The monoisotopic (exact) mass is 358 g/mol. The standard InChI is InChI=1S/C22H34N2O2/c1-2-19-9-11-21(12-10-19)26-18-22(25)24-16-7-4-8-20(24)13-17-23-14-5-3-6-15-23/h9-12,20H,2-8,13-18H2,1H3/t20-/m0/s1. The minimum atomic E-state index is 0.146. The van der Waals surface area contributed by atoms with Gasteiger partial charge in [-0.1, -0.05) is 25.5 Å². The number of aryl methyl sites for hydroxylation is 1. The van der Waals surface area contributed by atoms with E-state index < -0.39 is 0 Å². The van der Waals surface area contributed by atoms with Crippen molar-refractivity contribution in [1.82, 2.24) is 9.80 Å². The van der Waals surface area contributed by atoms with Crippen LogP contribution in [0, 0.1) is 0 Å². The zero-order chi connectivity index (χ0) is 18.2. The molecule has 0 N–H and O–H groups in total. The van der Waals surface area contributed by atoms with Gasteiger partial charge < -0.3 is 14.5 Å². The maximum Gasteiger partial charge on any atom is 0.260 e. The van der Waals surface area contributed by atoms with E-state index in [0.717, 1.165) is 44.5 Å². The molecule has 1 aromatic carbocycles. The first kappa shape index (κ1) is 19.2. The second kappa shape index (κ2) is 9.96. The first-order valence-electron chi connectivity index (χ1n) is 10.5. The van der Waals surface area contributed by atoms with Gasteiger partial charge in [0.1, 0.15) is 5.75 Å². The number of hydrogen-bond donors (Lipinski definition) is 0. The Hall–Kier alpha value is -1.55. The minimum Gasteiger partial charge on any atom is -0.484 e. The van der Waals surface area contributed by atoms with E-state index in [-0.39, 0.29) is 12.5 Å². The Morgan fingerprint density at radius 3 is 2.50 bits per heavy atom. The molecule has 3 rings (SSSR count). The lowest BCUT2D eigenvalue weighted by Crippen LogP contribution is -2.47. The van der Waals surface area contributed by atoms with Crippen LogP contribution in [0.2, 0.25) is 0 Å². The molecule has 0 aromatic heterocycles. The summed E-state index contributed by atoms with van der Waals surface area (Å²) in [5.41, 5.74) is 1.29. The number of benzene rings is 1. The number of ether oxygens (including phenoxy) is 1. The van der Waals surface area contributed by atoms with Gasteiger partial charge in [0.15, 0.2) is 6.61 Å². The minimum absolute atomic E-state index is 0.146. The molecular formula is C22H34N2O2. The molecule has 1 aromatic rings. The smallest absolute Gasteiger partial charge is 0.260 e. The van der Waals surface area contributed by atoms with Crippen LogP contribution in [0.25, 0.3) is 0 Å².